The molecule has 3 aliphatic rings. The van der Waals surface area contributed by atoms with Gasteiger partial charge in [-0.1, -0.05) is 105 Å². The SMILES string of the molecule is CC1(C)CC(=O)C(=C(CCOCCOCCNC(=O)OCC2c3ccccc3-c3ccccc32)NCCC(=O)N2Cc3ccccc3C#Cc3ccccc32)C(=O)C1. The van der Waals surface area contributed by atoms with Crippen LogP contribution in [0.15, 0.2) is 108 Å². The van der Waals surface area contributed by atoms with Crippen LogP contribution in [0.25, 0.3) is 11.1 Å². The number of ketones is 2. The summed E-state index contributed by atoms with van der Waals surface area (Å²) in [6.07, 6.45) is 0.454. The monoisotopic (exact) mass is 779 g/mol. The second-order valence-corrected chi connectivity index (χ2v) is 15.5. The van der Waals surface area contributed by atoms with Crippen molar-refractivity contribution in [3.05, 3.63) is 136 Å². The maximum atomic E-state index is 13.8. The molecule has 0 aromatic heterocycles. The zero-order valence-electron chi connectivity index (χ0n) is 33.1. The van der Waals surface area contributed by atoms with E-state index in [0.717, 1.165) is 33.5 Å². The first-order chi connectivity index (χ1) is 28.2. The van der Waals surface area contributed by atoms with Crippen molar-refractivity contribution in [1.82, 2.24) is 10.6 Å². The van der Waals surface area contributed by atoms with Crippen molar-refractivity contribution in [2.24, 2.45) is 5.41 Å². The Morgan fingerprint density at radius 1 is 0.707 bits per heavy atom. The van der Waals surface area contributed by atoms with E-state index in [1.54, 1.807) is 4.90 Å². The number of carbonyl (C=O) groups is 4. The number of nitrogens with zero attached hydrogens (tertiary/aromatic N) is 1. The number of anilines is 1. The number of benzene rings is 4. The van der Waals surface area contributed by atoms with Crippen LogP contribution < -0.4 is 15.5 Å². The first-order valence-corrected chi connectivity index (χ1v) is 20.0. The van der Waals surface area contributed by atoms with Gasteiger partial charge in [0, 0.05) is 61.5 Å². The van der Waals surface area contributed by atoms with Crippen molar-refractivity contribution in [2.75, 3.05) is 51.0 Å². The molecule has 0 unspecified atom stereocenters. The van der Waals surface area contributed by atoms with E-state index in [4.69, 9.17) is 14.2 Å². The number of hydrogen-bond donors (Lipinski definition) is 2. The highest BCUT2D eigenvalue weighted by molar-refractivity contribution is 6.22. The molecule has 298 valence electrons. The Labute approximate surface area is 339 Å². The van der Waals surface area contributed by atoms with Gasteiger partial charge in [-0.05, 0) is 51.4 Å². The van der Waals surface area contributed by atoms with Crippen LogP contribution in [-0.2, 0) is 35.1 Å². The number of amides is 2. The van der Waals surface area contributed by atoms with Crippen LogP contribution >= 0.6 is 0 Å². The van der Waals surface area contributed by atoms with Gasteiger partial charge in [0.2, 0.25) is 5.91 Å². The number of ether oxygens (including phenoxy) is 3. The zero-order valence-corrected chi connectivity index (χ0v) is 33.1. The van der Waals surface area contributed by atoms with E-state index < -0.39 is 11.5 Å². The Morgan fingerprint density at radius 2 is 1.31 bits per heavy atom. The van der Waals surface area contributed by atoms with E-state index in [2.05, 4.69) is 46.7 Å². The molecule has 2 N–H and O–H groups in total. The second kappa shape index (κ2) is 18.5. The van der Waals surface area contributed by atoms with Gasteiger partial charge >= 0.3 is 6.09 Å². The van der Waals surface area contributed by atoms with E-state index in [-0.39, 0.29) is 94.4 Å². The largest absolute Gasteiger partial charge is 0.449 e. The Kier molecular flexibility index (Phi) is 12.8. The number of para-hydroxylation sites is 1. The van der Waals surface area contributed by atoms with Gasteiger partial charge in [0.05, 0.1) is 44.2 Å². The number of nitrogens with one attached hydrogen (secondary N) is 2. The van der Waals surface area contributed by atoms with Gasteiger partial charge in [-0.25, -0.2) is 4.79 Å². The van der Waals surface area contributed by atoms with Crippen molar-refractivity contribution in [1.29, 1.82) is 0 Å². The summed E-state index contributed by atoms with van der Waals surface area (Å²) in [5.41, 5.74) is 8.28. The van der Waals surface area contributed by atoms with E-state index in [1.807, 2.05) is 86.6 Å². The molecule has 0 radical (unpaired) electrons. The molecule has 58 heavy (non-hydrogen) atoms. The highest BCUT2D eigenvalue weighted by Gasteiger charge is 2.37. The third-order valence-electron chi connectivity index (χ3n) is 10.7. The highest BCUT2D eigenvalue weighted by Crippen LogP contribution is 2.44. The molecule has 2 aliphatic carbocycles. The second-order valence-electron chi connectivity index (χ2n) is 15.5. The summed E-state index contributed by atoms with van der Waals surface area (Å²) in [5.74, 6) is 5.95. The number of rotatable bonds is 15. The average molecular weight is 780 g/mol. The molecular formula is C48H49N3O7. The minimum Gasteiger partial charge on any atom is -0.449 e. The maximum absolute atomic E-state index is 13.8. The van der Waals surface area contributed by atoms with Crippen molar-refractivity contribution in [3.63, 3.8) is 0 Å². The number of alkyl carbamates (subject to hydrolysis) is 1. The highest BCUT2D eigenvalue weighted by atomic mass is 16.6. The molecule has 0 saturated heterocycles. The van der Waals surface area contributed by atoms with E-state index in [0.29, 0.717) is 18.7 Å². The lowest BCUT2D eigenvalue weighted by Crippen LogP contribution is -2.36. The van der Waals surface area contributed by atoms with Crippen molar-refractivity contribution in [2.45, 2.75) is 52.0 Å². The zero-order chi connectivity index (χ0) is 40.5. The lowest BCUT2D eigenvalue weighted by atomic mass is 9.73. The molecule has 4 aromatic rings. The lowest BCUT2D eigenvalue weighted by molar-refractivity contribution is -0.127. The molecule has 7 rings (SSSR count). The number of hydrogen-bond acceptors (Lipinski definition) is 8. The minimum atomic E-state index is -0.502. The molecule has 0 atom stereocenters. The van der Waals surface area contributed by atoms with Crippen LogP contribution in [0, 0.1) is 17.3 Å². The first kappa shape index (κ1) is 40.2. The average Bonchev–Trinajstić information content (AvgIpc) is 3.52. The Hall–Kier alpha value is -6.02. The normalized spacial score (nSPS) is 15.1. The quantitative estimate of drug-likeness (QED) is 0.0568. The summed E-state index contributed by atoms with van der Waals surface area (Å²) in [7, 11) is 0. The standard InChI is InChI=1S/C48H49N3O7/c1-48(2)29-43(52)46(44(53)30-48)41(49-23-21-45(54)51-31-35-13-4-3-11-33(35)19-20-34-12-5-10-18-42(34)51)22-25-56-27-28-57-26-24-50-47(55)58-32-40-38-16-8-6-14-36(38)37-15-7-9-17-39(37)40/h3-18,40,49H,21-32H2,1-2H3,(H,50,55). The smallest absolute Gasteiger partial charge is 0.407 e. The first-order valence-electron chi connectivity index (χ1n) is 20.0. The van der Waals surface area contributed by atoms with E-state index in [1.165, 1.54) is 11.1 Å². The molecule has 2 amide bonds. The van der Waals surface area contributed by atoms with Crippen molar-refractivity contribution < 1.29 is 33.4 Å². The van der Waals surface area contributed by atoms with Crippen LogP contribution in [0.5, 0.6) is 0 Å². The van der Waals surface area contributed by atoms with Gasteiger partial charge in [0.15, 0.2) is 11.6 Å². The molecular weight excluding hydrogens is 731 g/mol. The fourth-order valence-electron chi connectivity index (χ4n) is 7.94. The molecule has 1 saturated carbocycles. The number of Topliss-reactive ketones (excluding diaryl/α,β-unsaturated/α-hetero) is 2. The Bertz CT molecular complexity index is 2220. The van der Waals surface area contributed by atoms with E-state index in [9.17, 15) is 19.2 Å². The molecule has 0 spiro atoms. The maximum Gasteiger partial charge on any atom is 0.407 e. The Balaban J connectivity index is 0.864. The summed E-state index contributed by atoms with van der Waals surface area (Å²) in [6.45, 7) is 6.05. The fraction of sp³-hybridized carbons (Fsp3) is 0.333. The third-order valence-corrected chi connectivity index (χ3v) is 10.7. The molecule has 1 aliphatic heterocycles. The molecule has 10 heteroatoms. The topological polar surface area (TPSA) is 123 Å². The van der Waals surface area contributed by atoms with Gasteiger partial charge < -0.3 is 29.7 Å². The van der Waals surface area contributed by atoms with Crippen LogP contribution in [0.2, 0.25) is 0 Å². The van der Waals surface area contributed by atoms with Crippen LogP contribution in [0.3, 0.4) is 0 Å². The number of fused-ring (bicyclic) bond motifs is 5. The number of allylic oxidation sites excluding steroid dienone is 1. The Morgan fingerprint density at radius 3 is 2.03 bits per heavy atom. The molecule has 10 nitrogen and oxygen atoms in total. The lowest BCUT2D eigenvalue weighted by Gasteiger charge is -2.30. The molecule has 0 bridgehead atoms. The van der Waals surface area contributed by atoms with Crippen LogP contribution in [0.1, 0.15) is 73.3 Å². The minimum absolute atomic E-state index is 0.0110. The van der Waals surface area contributed by atoms with Gasteiger partial charge in [-0.15, -0.1) is 0 Å². The molecule has 4 aromatic carbocycles. The summed E-state index contributed by atoms with van der Waals surface area (Å²) in [5, 5.41) is 6.03. The van der Waals surface area contributed by atoms with Crippen LogP contribution in [-0.4, -0.2) is 69.7 Å². The van der Waals surface area contributed by atoms with Gasteiger partial charge in [0.25, 0.3) is 0 Å². The third kappa shape index (κ3) is 9.56. The van der Waals surface area contributed by atoms with E-state index >= 15 is 0 Å². The summed E-state index contributed by atoms with van der Waals surface area (Å²) in [6, 6.07) is 31.8. The molecule has 1 fully saturated rings. The summed E-state index contributed by atoms with van der Waals surface area (Å²) < 4.78 is 17.1. The van der Waals surface area contributed by atoms with Crippen molar-refractivity contribution >= 4 is 29.3 Å². The fourth-order valence-corrected chi connectivity index (χ4v) is 7.94. The summed E-state index contributed by atoms with van der Waals surface area (Å²) in [4.78, 5) is 54.7. The predicted molar refractivity (Wildman–Crippen MR) is 222 cm³/mol. The summed E-state index contributed by atoms with van der Waals surface area (Å²) >= 11 is 0. The predicted octanol–water partition coefficient (Wildman–Crippen LogP) is 7.09. The van der Waals surface area contributed by atoms with Gasteiger partial charge in [0.1, 0.15) is 6.61 Å². The van der Waals surface area contributed by atoms with Gasteiger partial charge in [-0.2, -0.15) is 0 Å². The van der Waals surface area contributed by atoms with Gasteiger partial charge in [-0.3, -0.25) is 14.4 Å². The van der Waals surface area contributed by atoms with Crippen molar-refractivity contribution in [3.8, 4) is 23.0 Å². The number of carbonyl (C=O) groups excluding carboxylic acids is 4. The molecule has 1 heterocycles. The van der Waals surface area contributed by atoms with Crippen LogP contribution in [0.4, 0.5) is 10.5 Å².